The van der Waals surface area contributed by atoms with Crippen molar-refractivity contribution in [2.24, 2.45) is 0 Å². The van der Waals surface area contributed by atoms with E-state index in [0.29, 0.717) is 6.61 Å². The first kappa shape index (κ1) is 16.3. The number of nitrogens with one attached hydrogen (secondary N) is 1. The molecule has 0 saturated carbocycles. The van der Waals surface area contributed by atoms with E-state index in [2.05, 4.69) is 35.2 Å². The molecular formula is C17H29N2O2+. The Morgan fingerprint density at radius 3 is 2.38 bits per heavy atom. The van der Waals surface area contributed by atoms with E-state index in [9.17, 15) is 5.11 Å². The monoisotopic (exact) mass is 293 g/mol. The highest BCUT2D eigenvalue weighted by atomic mass is 16.5. The third kappa shape index (κ3) is 5.65. The molecule has 118 valence electrons. The molecule has 21 heavy (non-hydrogen) atoms. The summed E-state index contributed by atoms with van der Waals surface area (Å²) < 4.78 is 5.65. The van der Waals surface area contributed by atoms with Gasteiger partial charge < -0.3 is 19.6 Å². The van der Waals surface area contributed by atoms with Crippen LogP contribution in [0.15, 0.2) is 30.3 Å². The minimum Gasteiger partial charge on any atom is -0.385 e. The Morgan fingerprint density at radius 1 is 1.19 bits per heavy atom. The van der Waals surface area contributed by atoms with Crippen molar-refractivity contribution < 1.29 is 14.7 Å². The molecule has 2 N–H and O–H groups in total. The van der Waals surface area contributed by atoms with Crippen molar-refractivity contribution in [3.8, 4) is 0 Å². The molecule has 1 aliphatic heterocycles. The van der Waals surface area contributed by atoms with E-state index in [1.54, 1.807) is 0 Å². The zero-order valence-corrected chi connectivity index (χ0v) is 13.5. The summed E-state index contributed by atoms with van der Waals surface area (Å²) in [4.78, 5) is 3.88. The Morgan fingerprint density at radius 2 is 1.81 bits per heavy atom. The number of aliphatic hydroxyl groups excluding tert-OH is 1. The Hall–Kier alpha value is -1.10. The first-order valence-electron chi connectivity index (χ1n) is 7.89. The van der Waals surface area contributed by atoms with E-state index < -0.39 is 0 Å². The molecule has 1 heterocycles. The average molecular weight is 293 g/mol. The number of quaternary nitrogens is 1. The van der Waals surface area contributed by atoms with Crippen molar-refractivity contribution in [1.82, 2.24) is 0 Å². The smallest absolute Gasteiger partial charge is 0.126 e. The molecule has 0 amide bonds. The first-order chi connectivity index (χ1) is 9.94. The third-order valence-corrected chi connectivity index (χ3v) is 3.82. The summed E-state index contributed by atoms with van der Waals surface area (Å²) in [7, 11) is 0. The van der Waals surface area contributed by atoms with Gasteiger partial charge in [0.15, 0.2) is 0 Å². The Bertz CT molecular complexity index is 409. The molecule has 1 fully saturated rings. The lowest BCUT2D eigenvalue weighted by Crippen LogP contribution is -3.16. The fraction of sp³-hybridized carbons (Fsp3) is 0.647. The van der Waals surface area contributed by atoms with Gasteiger partial charge in [-0.3, -0.25) is 0 Å². The highest BCUT2D eigenvalue weighted by Gasteiger charge is 2.23. The van der Waals surface area contributed by atoms with Crippen molar-refractivity contribution in [3.05, 3.63) is 30.3 Å². The summed E-state index contributed by atoms with van der Waals surface area (Å²) in [6.07, 6.45) is -0.373. The summed E-state index contributed by atoms with van der Waals surface area (Å²) in [5.41, 5.74) is 1.12. The summed E-state index contributed by atoms with van der Waals surface area (Å²) >= 11 is 0. The highest BCUT2D eigenvalue weighted by Crippen LogP contribution is 2.12. The number of benzene rings is 1. The van der Waals surface area contributed by atoms with Gasteiger partial charge in [-0.2, -0.15) is 0 Å². The molecule has 1 aliphatic rings. The summed E-state index contributed by atoms with van der Waals surface area (Å²) in [5.74, 6) is 0. The number of rotatable bonds is 5. The van der Waals surface area contributed by atoms with Crippen LogP contribution in [-0.4, -0.2) is 56.1 Å². The number of hydrogen-bond donors (Lipinski definition) is 2. The predicted molar refractivity (Wildman–Crippen MR) is 85.9 cm³/mol. The number of para-hydroxylation sites is 1. The summed E-state index contributed by atoms with van der Waals surface area (Å²) in [6.45, 7) is 11.5. The lowest BCUT2D eigenvalue weighted by Gasteiger charge is -2.34. The van der Waals surface area contributed by atoms with Gasteiger partial charge >= 0.3 is 0 Å². The number of nitrogens with zero attached hydrogens (tertiary/aromatic N) is 1. The highest BCUT2D eigenvalue weighted by molar-refractivity contribution is 5.45. The van der Waals surface area contributed by atoms with E-state index in [1.165, 1.54) is 10.6 Å². The van der Waals surface area contributed by atoms with Gasteiger partial charge in [-0.05, 0) is 32.9 Å². The Kier molecular flexibility index (Phi) is 5.62. The van der Waals surface area contributed by atoms with E-state index in [4.69, 9.17) is 4.74 Å². The molecule has 1 atom stereocenters. The van der Waals surface area contributed by atoms with Crippen LogP contribution in [0.25, 0.3) is 0 Å². The fourth-order valence-electron chi connectivity index (χ4n) is 2.66. The molecule has 0 aromatic heterocycles. The van der Waals surface area contributed by atoms with Gasteiger partial charge in [0.2, 0.25) is 0 Å². The van der Waals surface area contributed by atoms with Crippen LogP contribution < -0.4 is 9.80 Å². The van der Waals surface area contributed by atoms with Crippen molar-refractivity contribution in [2.45, 2.75) is 32.5 Å². The first-order valence-corrected chi connectivity index (χ1v) is 7.89. The molecule has 0 bridgehead atoms. The lowest BCUT2D eigenvalue weighted by molar-refractivity contribution is -0.903. The molecule has 0 aliphatic carbocycles. The maximum atomic E-state index is 10.1. The number of hydrogen-bond acceptors (Lipinski definition) is 3. The van der Waals surface area contributed by atoms with Gasteiger partial charge in [0, 0.05) is 5.69 Å². The van der Waals surface area contributed by atoms with Gasteiger partial charge in [0.1, 0.15) is 12.6 Å². The van der Waals surface area contributed by atoms with Crippen molar-refractivity contribution in [3.63, 3.8) is 0 Å². The van der Waals surface area contributed by atoms with Gasteiger partial charge in [-0.1, -0.05) is 18.2 Å². The SMILES string of the molecule is CC(C)(C)OC[C@H](O)C[NH+]1CCN(c2ccccc2)CC1. The third-order valence-electron chi connectivity index (χ3n) is 3.82. The maximum Gasteiger partial charge on any atom is 0.126 e. The standard InChI is InChI=1S/C17H28N2O2/c1-17(2,3)21-14-16(20)13-18-9-11-19(12-10-18)15-7-5-4-6-8-15/h4-8,16,20H,9-14H2,1-3H3/p+1/t16-/m1/s1. The van der Waals surface area contributed by atoms with E-state index in [0.717, 1.165) is 32.7 Å². The van der Waals surface area contributed by atoms with Crippen LogP contribution in [0.5, 0.6) is 0 Å². The molecule has 1 aromatic rings. The van der Waals surface area contributed by atoms with Gasteiger partial charge in [-0.15, -0.1) is 0 Å². The predicted octanol–water partition coefficient (Wildman–Crippen LogP) is 0.568. The fourth-order valence-corrected chi connectivity index (χ4v) is 2.66. The molecule has 4 nitrogen and oxygen atoms in total. The molecule has 1 aromatic carbocycles. The van der Waals surface area contributed by atoms with Crippen LogP contribution in [-0.2, 0) is 4.74 Å². The van der Waals surface area contributed by atoms with E-state index >= 15 is 0 Å². The molecule has 1 saturated heterocycles. The molecule has 4 heteroatoms. The second kappa shape index (κ2) is 7.25. The largest absolute Gasteiger partial charge is 0.385 e. The summed E-state index contributed by atoms with van der Waals surface area (Å²) in [5, 5.41) is 10.1. The lowest BCUT2D eigenvalue weighted by atomic mass is 10.2. The van der Waals surface area contributed by atoms with Gasteiger partial charge in [-0.25, -0.2) is 0 Å². The molecule has 0 spiro atoms. The second-order valence-electron chi connectivity index (χ2n) is 6.85. The molecule has 2 rings (SSSR count). The number of piperazine rings is 1. The number of anilines is 1. The second-order valence-corrected chi connectivity index (χ2v) is 6.85. The van der Waals surface area contributed by atoms with Crippen LogP contribution in [0.1, 0.15) is 20.8 Å². The Balaban J connectivity index is 1.72. The van der Waals surface area contributed by atoms with Crippen LogP contribution in [0, 0.1) is 0 Å². The van der Waals surface area contributed by atoms with Gasteiger partial charge in [0.05, 0.1) is 38.4 Å². The average Bonchev–Trinajstić information content (AvgIpc) is 2.46. The van der Waals surface area contributed by atoms with Crippen LogP contribution >= 0.6 is 0 Å². The van der Waals surface area contributed by atoms with Crippen molar-refractivity contribution >= 4 is 5.69 Å². The normalized spacial score (nSPS) is 18.8. The van der Waals surface area contributed by atoms with Crippen molar-refractivity contribution in [2.75, 3.05) is 44.2 Å². The zero-order valence-electron chi connectivity index (χ0n) is 13.5. The van der Waals surface area contributed by atoms with Gasteiger partial charge in [0.25, 0.3) is 0 Å². The Labute approximate surface area is 128 Å². The van der Waals surface area contributed by atoms with Crippen LogP contribution in [0.3, 0.4) is 0 Å². The topological polar surface area (TPSA) is 37.1 Å². The minimum atomic E-state index is -0.373. The summed E-state index contributed by atoms with van der Waals surface area (Å²) in [6, 6.07) is 10.6. The maximum absolute atomic E-state index is 10.1. The minimum absolute atomic E-state index is 0.178. The molecule has 0 unspecified atom stereocenters. The zero-order chi connectivity index (χ0) is 15.3. The quantitative estimate of drug-likeness (QED) is 0.833. The van der Waals surface area contributed by atoms with Crippen LogP contribution in [0.2, 0.25) is 0 Å². The van der Waals surface area contributed by atoms with Crippen LogP contribution in [0.4, 0.5) is 5.69 Å². The van der Waals surface area contributed by atoms with E-state index in [-0.39, 0.29) is 11.7 Å². The van der Waals surface area contributed by atoms with Crippen molar-refractivity contribution in [1.29, 1.82) is 0 Å². The van der Waals surface area contributed by atoms with E-state index in [1.807, 2.05) is 20.8 Å². The number of aliphatic hydroxyl groups is 1. The molecule has 0 radical (unpaired) electrons. The number of ether oxygens (including phenoxy) is 1. The molecular weight excluding hydrogens is 264 g/mol.